The van der Waals surface area contributed by atoms with Gasteiger partial charge in [-0.15, -0.1) is 11.3 Å². The molecule has 0 aromatic carbocycles. The Morgan fingerprint density at radius 1 is 1.36 bits per heavy atom. The van der Waals surface area contributed by atoms with Gasteiger partial charge in [-0.1, -0.05) is 13.0 Å². The van der Waals surface area contributed by atoms with Gasteiger partial charge in [0.1, 0.15) is 6.54 Å². The second-order valence-corrected chi connectivity index (χ2v) is 8.29. The summed E-state index contributed by atoms with van der Waals surface area (Å²) in [5.74, 6) is 0.162. The van der Waals surface area contributed by atoms with Crippen molar-refractivity contribution < 1.29 is 14.4 Å². The zero-order valence-corrected chi connectivity index (χ0v) is 15.8. The SMILES string of the molecule is CC1CCC(N(C)C(=O)CN2C(=O)NC(C)(c3cccs3)C2=O)CC1. The number of amides is 4. The number of thiophene rings is 1. The van der Waals surface area contributed by atoms with Gasteiger partial charge in [0.15, 0.2) is 5.54 Å². The molecule has 2 fully saturated rings. The zero-order valence-electron chi connectivity index (χ0n) is 14.9. The van der Waals surface area contributed by atoms with Gasteiger partial charge in [0, 0.05) is 18.0 Å². The molecule has 3 rings (SSSR count). The number of carbonyl (C=O) groups excluding carboxylic acids is 3. The summed E-state index contributed by atoms with van der Waals surface area (Å²) in [7, 11) is 1.78. The number of rotatable bonds is 4. The molecule has 1 atom stereocenters. The molecule has 1 aliphatic carbocycles. The largest absolute Gasteiger partial charge is 0.341 e. The number of urea groups is 1. The van der Waals surface area contributed by atoms with Crippen molar-refractivity contribution in [1.82, 2.24) is 15.1 Å². The van der Waals surface area contributed by atoms with Crippen molar-refractivity contribution in [2.24, 2.45) is 5.92 Å². The van der Waals surface area contributed by atoms with Crippen molar-refractivity contribution in [2.75, 3.05) is 13.6 Å². The molecule has 2 aliphatic rings. The predicted molar refractivity (Wildman–Crippen MR) is 96.1 cm³/mol. The lowest BCUT2D eigenvalue weighted by Crippen LogP contribution is -2.47. The highest BCUT2D eigenvalue weighted by Crippen LogP contribution is 2.32. The van der Waals surface area contributed by atoms with Crippen LogP contribution in [0, 0.1) is 5.92 Å². The first-order valence-electron chi connectivity index (χ1n) is 8.76. The monoisotopic (exact) mass is 363 g/mol. The van der Waals surface area contributed by atoms with Crippen LogP contribution in [0.1, 0.15) is 44.4 Å². The summed E-state index contributed by atoms with van der Waals surface area (Å²) in [5, 5.41) is 4.61. The number of hydrogen-bond donors (Lipinski definition) is 1. The van der Waals surface area contributed by atoms with E-state index in [-0.39, 0.29) is 24.4 Å². The molecule has 1 aliphatic heterocycles. The maximum Gasteiger partial charge on any atom is 0.325 e. The van der Waals surface area contributed by atoms with Crippen molar-refractivity contribution in [1.29, 1.82) is 0 Å². The van der Waals surface area contributed by atoms with Crippen LogP contribution < -0.4 is 5.32 Å². The molecule has 1 saturated heterocycles. The molecule has 0 spiro atoms. The quantitative estimate of drug-likeness (QED) is 0.836. The molecule has 1 saturated carbocycles. The van der Waals surface area contributed by atoms with Crippen LogP contribution in [0.2, 0.25) is 0 Å². The highest BCUT2D eigenvalue weighted by molar-refractivity contribution is 7.10. The molecular weight excluding hydrogens is 338 g/mol. The smallest absolute Gasteiger partial charge is 0.325 e. The van der Waals surface area contributed by atoms with E-state index in [1.807, 2.05) is 17.5 Å². The van der Waals surface area contributed by atoms with Gasteiger partial charge in [-0.05, 0) is 50.0 Å². The Morgan fingerprint density at radius 2 is 2.04 bits per heavy atom. The first-order valence-corrected chi connectivity index (χ1v) is 9.64. The van der Waals surface area contributed by atoms with Crippen molar-refractivity contribution in [3.8, 4) is 0 Å². The van der Waals surface area contributed by atoms with Crippen LogP contribution >= 0.6 is 11.3 Å². The van der Waals surface area contributed by atoms with Crippen LogP contribution in [-0.4, -0.2) is 47.3 Å². The van der Waals surface area contributed by atoms with E-state index in [0.29, 0.717) is 5.92 Å². The lowest BCUT2D eigenvalue weighted by Gasteiger charge is -2.34. The number of hydrogen-bond acceptors (Lipinski definition) is 4. The number of imide groups is 1. The van der Waals surface area contributed by atoms with Crippen molar-refractivity contribution in [3.63, 3.8) is 0 Å². The van der Waals surface area contributed by atoms with Crippen LogP contribution in [-0.2, 0) is 15.1 Å². The summed E-state index contributed by atoms with van der Waals surface area (Å²) in [6.45, 7) is 3.72. The van der Waals surface area contributed by atoms with Crippen LogP contribution in [0.5, 0.6) is 0 Å². The van der Waals surface area contributed by atoms with Crippen LogP contribution in [0.25, 0.3) is 0 Å². The summed E-state index contributed by atoms with van der Waals surface area (Å²) in [6.07, 6.45) is 4.19. The second kappa shape index (κ2) is 6.78. The van der Waals surface area contributed by atoms with Gasteiger partial charge in [-0.3, -0.25) is 14.5 Å². The highest BCUT2D eigenvalue weighted by Gasteiger charge is 2.50. The molecule has 1 unspecified atom stereocenters. The molecule has 136 valence electrons. The third kappa shape index (κ3) is 3.29. The minimum atomic E-state index is -1.08. The van der Waals surface area contributed by atoms with E-state index in [0.717, 1.165) is 35.5 Å². The van der Waals surface area contributed by atoms with Gasteiger partial charge in [0.25, 0.3) is 5.91 Å². The molecule has 2 heterocycles. The second-order valence-electron chi connectivity index (χ2n) is 7.34. The topological polar surface area (TPSA) is 69.7 Å². The van der Waals surface area contributed by atoms with E-state index in [4.69, 9.17) is 0 Å². The van der Waals surface area contributed by atoms with Gasteiger partial charge < -0.3 is 10.2 Å². The van der Waals surface area contributed by atoms with Gasteiger partial charge in [0.2, 0.25) is 5.91 Å². The third-order valence-electron chi connectivity index (χ3n) is 5.51. The fraction of sp³-hybridized carbons (Fsp3) is 0.611. The number of nitrogens with zero attached hydrogens (tertiary/aromatic N) is 2. The van der Waals surface area contributed by atoms with Crippen molar-refractivity contribution in [2.45, 2.75) is 51.1 Å². The third-order valence-corrected chi connectivity index (χ3v) is 6.60. The molecule has 6 nitrogen and oxygen atoms in total. The summed E-state index contributed by atoms with van der Waals surface area (Å²) in [5.41, 5.74) is -1.08. The average Bonchev–Trinajstić information content (AvgIpc) is 3.19. The molecule has 1 aromatic rings. The minimum absolute atomic E-state index is 0.182. The maximum absolute atomic E-state index is 12.8. The standard InChI is InChI=1S/C18H25N3O3S/c1-12-6-8-13(9-7-12)20(3)15(22)11-21-16(23)18(2,19-17(21)24)14-5-4-10-25-14/h4-5,10,12-13H,6-9,11H2,1-3H3,(H,19,24). The molecule has 0 bridgehead atoms. The fourth-order valence-corrected chi connectivity index (χ4v) is 4.49. The Bertz CT molecular complexity index is 667. The number of nitrogens with one attached hydrogen (secondary N) is 1. The molecule has 4 amide bonds. The van der Waals surface area contributed by atoms with Crippen LogP contribution in [0.4, 0.5) is 4.79 Å². The predicted octanol–water partition coefficient (Wildman–Crippen LogP) is 2.55. The summed E-state index contributed by atoms with van der Waals surface area (Å²) < 4.78 is 0. The summed E-state index contributed by atoms with van der Waals surface area (Å²) in [6, 6.07) is 3.37. The van der Waals surface area contributed by atoms with E-state index in [1.54, 1.807) is 18.9 Å². The van der Waals surface area contributed by atoms with E-state index in [2.05, 4.69) is 12.2 Å². The first-order chi connectivity index (χ1) is 11.8. The lowest BCUT2D eigenvalue weighted by molar-refractivity contribution is -0.139. The van der Waals surface area contributed by atoms with E-state index in [1.165, 1.54) is 11.3 Å². The van der Waals surface area contributed by atoms with Crippen molar-refractivity contribution in [3.05, 3.63) is 22.4 Å². The molecule has 1 aromatic heterocycles. The zero-order chi connectivity index (χ0) is 18.2. The summed E-state index contributed by atoms with van der Waals surface area (Å²) >= 11 is 1.42. The minimum Gasteiger partial charge on any atom is -0.341 e. The number of likely N-dealkylation sites (N-methyl/N-ethyl adjacent to an activating group) is 1. The lowest BCUT2D eigenvalue weighted by atomic mass is 9.87. The van der Waals surface area contributed by atoms with Gasteiger partial charge in [-0.2, -0.15) is 0 Å². The Kier molecular flexibility index (Phi) is 4.86. The van der Waals surface area contributed by atoms with E-state index in [9.17, 15) is 14.4 Å². The van der Waals surface area contributed by atoms with Crippen molar-refractivity contribution >= 4 is 29.2 Å². The van der Waals surface area contributed by atoms with E-state index >= 15 is 0 Å². The normalized spacial score (nSPS) is 29.6. The summed E-state index contributed by atoms with van der Waals surface area (Å²) in [4.78, 5) is 41.3. The molecule has 25 heavy (non-hydrogen) atoms. The highest BCUT2D eigenvalue weighted by atomic mass is 32.1. The molecule has 7 heteroatoms. The van der Waals surface area contributed by atoms with Gasteiger partial charge in [-0.25, -0.2) is 4.79 Å². The molecular formula is C18H25N3O3S. The molecule has 1 N–H and O–H groups in total. The Morgan fingerprint density at radius 3 is 2.64 bits per heavy atom. The number of carbonyl (C=O) groups is 3. The van der Waals surface area contributed by atoms with E-state index < -0.39 is 11.6 Å². The van der Waals surface area contributed by atoms with Crippen LogP contribution in [0.3, 0.4) is 0 Å². The first kappa shape index (κ1) is 17.9. The Hall–Kier alpha value is -1.89. The van der Waals surface area contributed by atoms with Gasteiger partial charge >= 0.3 is 6.03 Å². The maximum atomic E-state index is 12.8. The van der Waals surface area contributed by atoms with Crippen LogP contribution in [0.15, 0.2) is 17.5 Å². The average molecular weight is 363 g/mol. The molecule has 0 radical (unpaired) electrons. The van der Waals surface area contributed by atoms with Gasteiger partial charge in [0.05, 0.1) is 0 Å². The fourth-order valence-electron chi connectivity index (χ4n) is 3.65. The Labute approximate surface area is 152 Å². The Balaban J connectivity index is 1.67.